The van der Waals surface area contributed by atoms with Gasteiger partial charge >= 0.3 is 0 Å². The second-order valence-corrected chi connectivity index (χ2v) is 5.69. The molecule has 0 aliphatic carbocycles. The molecule has 0 bridgehead atoms. The Morgan fingerprint density at radius 1 is 1.14 bits per heavy atom. The van der Waals surface area contributed by atoms with Gasteiger partial charge in [0.15, 0.2) is 5.78 Å². The molecule has 5 nitrogen and oxygen atoms in total. The number of Topliss-reactive ketones (excluding diaryl/α,β-unsaturated/α-hetero) is 1. The Labute approximate surface area is 125 Å². The van der Waals surface area contributed by atoms with Crippen LogP contribution >= 0.6 is 0 Å². The summed E-state index contributed by atoms with van der Waals surface area (Å²) in [6, 6.07) is 5.48. The van der Waals surface area contributed by atoms with Gasteiger partial charge < -0.3 is 10.2 Å². The summed E-state index contributed by atoms with van der Waals surface area (Å²) in [7, 11) is 2.12. The highest BCUT2D eigenvalue weighted by molar-refractivity contribution is 5.96. The highest BCUT2D eigenvalue weighted by atomic mass is 16.1. The summed E-state index contributed by atoms with van der Waals surface area (Å²) in [6.45, 7) is 7.90. The van der Waals surface area contributed by atoms with Crippen LogP contribution in [0.3, 0.4) is 0 Å². The third-order valence-electron chi connectivity index (χ3n) is 3.81. The van der Waals surface area contributed by atoms with E-state index >= 15 is 0 Å². The number of carbonyl (C=O) groups is 2. The Morgan fingerprint density at radius 3 is 2.38 bits per heavy atom. The summed E-state index contributed by atoms with van der Waals surface area (Å²) in [4.78, 5) is 27.5. The van der Waals surface area contributed by atoms with Crippen LogP contribution in [0, 0.1) is 0 Å². The normalized spacial score (nSPS) is 16.7. The predicted octanol–water partition coefficient (Wildman–Crippen LogP) is 1.59. The van der Waals surface area contributed by atoms with Gasteiger partial charge in [-0.2, -0.15) is 0 Å². The number of ketones is 1. The minimum Gasteiger partial charge on any atom is -0.326 e. The number of benzene rings is 1. The zero-order valence-electron chi connectivity index (χ0n) is 13.0. The van der Waals surface area contributed by atoms with Gasteiger partial charge in [0, 0.05) is 50.9 Å². The SMILES string of the molecule is CC(=O)Nc1ccc(C(C)=O)cc1CN1CCN(C)CC1. The Bertz CT molecular complexity index is 534. The van der Waals surface area contributed by atoms with Crippen molar-refractivity contribution in [2.45, 2.75) is 20.4 Å². The van der Waals surface area contributed by atoms with Crippen molar-refractivity contribution in [3.63, 3.8) is 0 Å². The second kappa shape index (κ2) is 6.83. The number of rotatable bonds is 4. The second-order valence-electron chi connectivity index (χ2n) is 5.69. The van der Waals surface area contributed by atoms with Crippen molar-refractivity contribution in [2.75, 3.05) is 38.5 Å². The number of hydrogen-bond acceptors (Lipinski definition) is 4. The van der Waals surface area contributed by atoms with E-state index in [-0.39, 0.29) is 11.7 Å². The van der Waals surface area contributed by atoms with Gasteiger partial charge in [0.1, 0.15) is 0 Å². The fraction of sp³-hybridized carbons (Fsp3) is 0.500. The summed E-state index contributed by atoms with van der Waals surface area (Å²) < 4.78 is 0. The molecular weight excluding hydrogens is 266 g/mol. The molecule has 0 aromatic heterocycles. The molecule has 2 rings (SSSR count). The first-order valence-electron chi connectivity index (χ1n) is 7.28. The third-order valence-corrected chi connectivity index (χ3v) is 3.81. The molecule has 1 fully saturated rings. The molecular formula is C16H23N3O2. The van der Waals surface area contributed by atoms with E-state index in [1.165, 1.54) is 6.92 Å². The standard InChI is InChI=1S/C16H23N3O2/c1-12(20)14-4-5-16(17-13(2)21)15(10-14)11-19-8-6-18(3)7-9-19/h4-5,10H,6-9,11H2,1-3H3,(H,17,21). The van der Waals surface area contributed by atoms with E-state index in [0.717, 1.165) is 44.0 Å². The summed E-state index contributed by atoms with van der Waals surface area (Å²) in [5, 5.41) is 2.85. The molecule has 0 radical (unpaired) electrons. The van der Waals surface area contributed by atoms with E-state index in [1.54, 1.807) is 13.0 Å². The summed E-state index contributed by atoms with van der Waals surface area (Å²) in [5.74, 6) is -0.0470. The molecule has 21 heavy (non-hydrogen) atoms. The van der Waals surface area contributed by atoms with Crippen LogP contribution in [0.2, 0.25) is 0 Å². The van der Waals surface area contributed by atoms with Crippen LogP contribution in [0.25, 0.3) is 0 Å². The lowest BCUT2D eigenvalue weighted by atomic mass is 10.0. The predicted molar refractivity (Wildman–Crippen MR) is 83.5 cm³/mol. The largest absolute Gasteiger partial charge is 0.326 e. The number of anilines is 1. The van der Waals surface area contributed by atoms with Crippen molar-refractivity contribution in [1.29, 1.82) is 0 Å². The van der Waals surface area contributed by atoms with Gasteiger partial charge in [-0.05, 0) is 37.7 Å². The first-order chi connectivity index (χ1) is 9.95. The average Bonchev–Trinajstić information content (AvgIpc) is 2.42. The van der Waals surface area contributed by atoms with Gasteiger partial charge in [0.25, 0.3) is 0 Å². The highest BCUT2D eigenvalue weighted by Gasteiger charge is 2.16. The van der Waals surface area contributed by atoms with Gasteiger partial charge in [-0.1, -0.05) is 0 Å². The maximum Gasteiger partial charge on any atom is 0.221 e. The Morgan fingerprint density at radius 2 is 1.81 bits per heavy atom. The molecule has 114 valence electrons. The topological polar surface area (TPSA) is 52.7 Å². The zero-order chi connectivity index (χ0) is 15.4. The van der Waals surface area contributed by atoms with Crippen molar-refractivity contribution in [1.82, 2.24) is 9.80 Å². The minimum atomic E-state index is -0.0924. The molecule has 1 saturated heterocycles. The fourth-order valence-corrected chi connectivity index (χ4v) is 2.50. The van der Waals surface area contributed by atoms with Crippen molar-refractivity contribution in [3.8, 4) is 0 Å². The van der Waals surface area contributed by atoms with Crippen molar-refractivity contribution >= 4 is 17.4 Å². The lowest BCUT2D eigenvalue weighted by Gasteiger charge is -2.32. The first-order valence-corrected chi connectivity index (χ1v) is 7.28. The van der Waals surface area contributed by atoms with Crippen LogP contribution in [0.5, 0.6) is 0 Å². The van der Waals surface area contributed by atoms with E-state index in [0.29, 0.717) is 5.56 Å². The van der Waals surface area contributed by atoms with Crippen LogP contribution in [0.4, 0.5) is 5.69 Å². The molecule has 1 amide bonds. The van der Waals surface area contributed by atoms with Gasteiger partial charge in [-0.3, -0.25) is 14.5 Å². The molecule has 0 saturated carbocycles. The van der Waals surface area contributed by atoms with E-state index in [9.17, 15) is 9.59 Å². The molecule has 0 unspecified atom stereocenters. The minimum absolute atomic E-state index is 0.0454. The van der Waals surface area contributed by atoms with Crippen molar-refractivity contribution in [3.05, 3.63) is 29.3 Å². The van der Waals surface area contributed by atoms with Crippen LogP contribution in [-0.4, -0.2) is 54.7 Å². The Kier molecular flexibility index (Phi) is 5.09. The fourth-order valence-electron chi connectivity index (χ4n) is 2.50. The Hall–Kier alpha value is -1.72. The maximum absolute atomic E-state index is 11.6. The van der Waals surface area contributed by atoms with E-state index in [4.69, 9.17) is 0 Å². The molecule has 0 spiro atoms. The average molecular weight is 289 g/mol. The molecule has 1 aromatic carbocycles. The molecule has 1 aliphatic rings. The molecule has 1 N–H and O–H groups in total. The monoisotopic (exact) mass is 289 g/mol. The first kappa shape index (κ1) is 15.7. The van der Waals surface area contributed by atoms with Gasteiger partial charge in [-0.15, -0.1) is 0 Å². The lowest BCUT2D eigenvalue weighted by molar-refractivity contribution is -0.114. The van der Waals surface area contributed by atoms with Gasteiger partial charge in [0.2, 0.25) is 5.91 Å². The summed E-state index contributed by atoms with van der Waals surface area (Å²) in [5.41, 5.74) is 2.49. The van der Waals surface area contributed by atoms with E-state index < -0.39 is 0 Å². The van der Waals surface area contributed by atoms with Crippen LogP contribution in [-0.2, 0) is 11.3 Å². The van der Waals surface area contributed by atoms with Crippen molar-refractivity contribution in [2.24, 2.45) is 0 Å². The number of likely N-dealkylation sites (N-methyl/N-ethyl adjacent to an activating group) is 1. The maximum atomic E-state index is 11.6. The smallest absolute Gasteiger partial charge is 0.221 e. The third kappa shape index (κ3) is 4.37. The molecule has 5 heteroatoms. The van der Waals surface area contributed by atoms with Gasteiger partial charge in [0.05, 0.1) is 0 Å². The Balaban J connectivity index is 2.19. The molecule has 1 aliphatic heterocycles. The summed E-state index contributed by atoms with van der Waals surface area (Å²) >= 11 is 0. The zero-order valence-corrected chi connectivity index (χ0v) is 13.0. The lowest BCUT2D eigenvalue weighted by Crippen LogP contribution is -2.44. The molecule has 1 aromatic rings. The van der Waals surface area contributed by atoms with Crippen LogP contribution in [0.15, 0.2) is 18.2 Å². The number of carbonyl (C=O) groups excluding carboxylic acids is 2. The van der Waals surface area contributed by atoms with Crippen LogP contribution in [0.1, 0.15) is 29.8 Å². The molecule has 1 heterocycles. The highest BCUT2D eigenvalue weighted by Crippen LogP contribution is 2.21. The number of nitrogens with zero attached hydrogens (tertiary/aromatic N) is 2. The van der Waals surface area contributed by atoms with Crippen LogP contribution < -0.4 is 5.32 Å². The summed E-state index contributed by atoms with van der Waals surface area (Å²) in [6.07, 6.45) is 0. The van der Waals surface area contributed by atoms with E-state index in [1.807, 2.05) is 12.1 Å². The number of nitrogens with one attached hydrogen (secondary N) is 1. The number of piperazine rings is 1. The van der Waals surface area contributed by atoms with E-state index in [2.05, 4.69) is 22.2 Å². The quantitative estimate of drug-likeness (QED) is 0.855. The molecule has 0 atom stereocenters. The number of hydrogen-bond donors (Lipinski definition) is 1. The van der Waals surface area contributed by atoms with Gasteiger partial charge in [-0.25, -0.2) is 0 Å². The van der Waals surface area contributed by atoms with Crippen molar-refractivity contribution < 1.29 is 9.59 Å². The number of amides is 1.